The lowest BCUT2D eigenvalue weighted by Crippen LogP contribution is -2.42. The molecule has 1 aliphatic rings. The summed E-state index contributed by atoms with van der Waals surface area (Å²) in [7, 11) is -2.60. The summed E-state index contributed by atoms with van der Waals surface area (Å²) in [4.78, 5) is 22.7. The van der Waals surface area contributed by atoms with E-state index in [0.717, 1.165) is 0 Å². The quantitative estimate of drug-likeness (QED) is 0.586. The molecule has 4 N–H and O–H groups in total. The number of anilines is 1. The van der Waals surface area contributed by atoms with Crippen molar-refractivity contribution < 1.29 is 18.3 Å². The average molecular weight is 428 g/mol. The molecule has 1 aromatic heterocycles. The number of benzene rings is 2. The molecular weight excluding hydrogens is 407 g/mol. The van der Waals surface area contributed by atoms with Gasteiger partial charge in [0.2, 0.25) is 0 Å². The number of nitrogens with zero attached hydrogens (tertiary/aromatic N) is 3. The zero-order valence-corrected chi connectivity index (χ0v) is 16.8. The third kappa shape index (κ3) is 4.13. The zero-order chi connectivity index (χ0) is 21.3. The number of aromatic nitrogens is 2. The summed E-state index contributed by atoms with van der Waals surface area (Å²) in [5.41, 5.74) is 7.79. The Labute approximate surface area is 174 Å². The molecule has 156 valence electrons. The highest BCUT2D eigenvalue weighted by molar-refractivity contribution is 8.24. The Bertz CT molecular complexity index is 1080. The van der Waals surface area contributed by atoms with Crippen molar-refractivity contribution >= 4 is 22.3 Å². The van der Waals surface area contributed by atoms with Crippen LogP contribution in [-0.2, 0) is 0 Å². The van der Waals surface area contributed by atoms with Gasteiger partial charge in [-0.25, -0.2) is 9.37 Å². The molecule has 7 nitrogen and oxygen atoms in total. The number of carbonyl (C=O) groups is 1. The van der Waals surface area contributed by atoms with Crippen molar-refractivity contribution in [2.24, 2.45) is 0 Å². The number of amides is 1. The molecule has 1 amide bonds. The summed E-state index contributed by atoms with van der Waals surface area (Å²) in [5, 5.41) is 0. The van der Waals surface area contributed by atoms with Crippen LogP contribution in [0.4, 0.5) is 10.2 Å². The van der Waals surface area contributed by atoms with Crippen LogP contribution in [-0.4, -0.2) is 54.5 Å². The average Bonchev–Trinajstić information content (AvgIpc) is 2.74. The van der Waals surface area contributed by atoms with E-state index in [1.165, 1.54) is 18.5 Å². The summed E-state index contributed by atoms with van der Waals surface area (Å²) in [6.07, 6.45) is 2.77. The Morgan fingerprint density at radius 1 is 1.03 bits per heavy atom. The van der Waals surface area contributed by atoms with Crippen molar-refractivity contribution in [3.8, 4) is 22.4 Å². The second kappa shape index (κ2) is 8.02. The Kier molecular flexibility index (Phi) is 5.42. The number of carbonyl (C=O) groups excluding carboxylic acids is 1. The summed E-state index contributed by atoms with van der Waals surface area (Å²) in [6.45, 7) is 0.553. The molecule has 0 radical (unpaired) electrons. The lowest BCUT2D eigenvalue weighted by Gasteiger charge is -2.41. The van der Waals surface area contributed by atoms with Crippen LogP contribution >= 0.6 is 10.6 Å². The van der Waals surface area contributed by atoms with Gasteiger partial charge in [0, 0.05) is 24.2 Å². The smallest absolute Gasteiger partial charge is 0.254 e. The molecule has 0 aliphatic carbocycles. The highest BCUT2D eigenvalue weighted by Crippen LogP contribution is 2.40. The first-order valence-electron chi connectivity index (χ1n) is 9.34. The maximum Gasteiger partial charge on any atom is 0.254 e. The van der Waals surface area contributed by atoms with Crippen molar-refractivity contribution in [1.29, 1.82) is 0 Å². The van der Waals surface area contributed by atoms with Gasteiger partial charge in [-0.3, -0.25) is 18.9 Å². The summed E-state index contributed by atoms with van der Waals surface area (Å²) in [6, 6.07) is 11.7. The van der Waals surface area contributed by atoms with Gasteiger partial charge in [-0.1, -0.05) is 24.3 Å². The molecule has 3 aromatic rings. The van der Waals surface area contributed by atoms with Gasteiger partial charge in [0.25, 0.3) is 5.91 Å². The van der Waals surface area contributed by atoms with Gasteiger partial charge in [-0.2, -0.15) is 10.6 Å². The van der Waals surface area contributed by atoms with E-state index in [1.54, 1.807) is 41.3 Å². The topological polar surface area (TPSA) is 113 Å². The minimum atomic E-state index is -2.60. The number of nitrogen functional groups attached to an aromatic ring is 1. The molecule has 1 saturated heterocycles. The molecule has 0 spiro atoms. The van der Waals surface area contributed by atoms with Crippen molar-refractivity contribution in [1.82, 2.24) is 14.9 Å². The Hall–Kier alpha value is -3.01. The van der Waals surface area contributed by atoms with Crippen LogP contribution in [0.3, 0.4) is 0 Å². The van der Waals surface area contributed by atoms with Gasteiger partial charge >= 0.3 is 0 Å². The fourth-order valence-corrected chi connectivity index (χ4v) is 4.62. The molecule has 0 saturated carbocycles. The van der Waals surface area contributed by atoms with Gasteiger partial charge in [0.1, 0.15) is 11.6 Å². The maximum absolute atomic E-state index is 14.8. The summed E-state index contributed by atoms with van der Waals surface area (Å²) in [5.74, 6) is -0.100. The van der Waals surface area contributed by atoms with Crippen LogP contribution in [0.5, 0.6) is 0 Å². The second-order valence-electron chi connectivity index (χ2n) is 7.07. The monoisotopic (exact) mass is 428 g/mol. The minimum Gasteiger partial charge on any atom is -0.382 e. The Morgan fingerprint density at radius 3 is 2.43 bits per heavy atom. The molecular formula is C21H21FN4O3S. The first-order valence-corrected chi connectivity index (χ1v) is 11.2. The first-order chi connectivity index (χ1) is 14.3. The van der Waals surface area contributed by atoms with Crippen LogP contribution in [0.2, 0.25) is 0 Å². The standard InChI is InChI=1S/C21H21FN4O3S/c22-18-11-14(5-6-17(18)19-12-25-20(23)13-24-19)15-3-1-2-4-16(15)21(27)26-7-9-30(28,29)10-8-26/h1-6,11-13,28-29H,7-10H2,(H2,23,25). The largest absolute Gasteiger partial charge is 0.382 e. The molecule has 2 heterocycles. The van der Waals surface area contributed by atoms with E-state index in [2.05, 4.69) is 9.97 Å². The van der Waals surface area contributed by atoms with E-state index >= 15 is 0 Å². The van der Waals surface area contributed by atoms with Crippen LogP contribution in [0.1, 0.15) is 10.4 Å². The summed E-state index contributed by atoms with van der Waals surface area (Å²) >= 11 is 0. The van der Waals surface area contributed by atoms with Gasteiger partial charge < -0.3 is 10.6 Å². The fraction of sp³-hybridized carbons (Fsp3) is 0.190. The molecule has 0 bridgehead atoms. The minimum absolute atomic E-state index is 0.173. The molecule has 0 atom stereocenters. The van der Waals surface area contributed by atoms with Gasteiger partial charge in [0.05, 0.1) is 29.6 Å². The number of rotatable bonds is 3. The van der Waals surface area contributed by atoms with E-state index in [4.69, 9.17) is 5.73 Å². The van der Waals surface area contributed by atoms with Crippen LogP contribution in [0.25, 0.3) is 22.4 Å². The summed E-state index contributed by atoms with van der Waals surface area (Å²) < 4.78 is 34.4. The molecule has 2 aromatic carbocycles. The SMILES string of the molecule is Nc1cnc(-c2ccc(-c3ccccc3C(=O)N3CCS(O)(O)CC3)cc2F)cn1. The van der Waals surface area contributed by atoms with E-state index < -0.39 is 16.4 Å². The normalized spacial score (nSPS) is 16.8. The lowest BCUT2D eigenvalue weighted by atomic mass is 9.97. The van der Waals surface area contributed by atoms with E-state index in [0.29, 0.717) is 22.4 Å². The number of halogens is 1. The third-order valence-corrected chi connectivity index (χ3v) is 6.72. The Balaban J connectivity index is 1.64. The number of hydrogen-bond acceptors (Lipinski definition) is 6. The molecule has 9 heteroatoms. The van der Waals surface area contributed by atoms with Crippen molar-refractivity contribution in [3.63, 3.8) is 0 Å². The highest BCUT2D eigenvalue weighted by Gasteiger charge is 2.27. The molecule has 1 aliphatic heterocycles. The van der Waals surface area contributed by atoms with Crippen LogP contribution in [0, 0.1) is 5.82 Å². The van der Waals surface area contributed by atoms with Crippen molar-refractivity contribution in [3.05, 3.63) is 66.2 Å². The highest BCUT2D eigenvalue weighted by atomic mass is 32.3. The second-order valence-corrected chi connectivity index (χ2v) is 9.49. The van der Waals surface area contributed by atoms with Crippen molar-refractivity contribution in [2.45, 2.75) is 0 Å². The predicted octanol–water partition coefficient (Wildman–Crippen LogP) is 3.74. The molecule has 0 unspecified atom stereocenters. The molecule has 4 rings (SSSR count). The van der Waals surface area contributed by atoms with Gasteiger partial charge in [-0.05, 0) is 29.3 Å². The van der Waals surface area contributed by atoms with E-state index in [9.17, 15) is 18.3 Å². The van der Waals surface area contributed by atoms with E-state index in [1.807, 2.05) is 0 Å². The van der Waals surface area contributed by atoms with Crippen LogP contribution in [0.15, 0.2) is 54.9 Å². The maximum atomic E-state index is 14.8. The number of hydrogen-bond donors (Lipinski definition) is 3. The van der Waals surface area contributed by atoms with Gasteiger partial charge in [0.15, 0.2) is 0 Å². The predicted molar refractivity (Wildman–Crippen MR) is 116 cm³/mol. The van der Waals surface area contributed by atoms with E-state index in [-0.39, 0.29) is 41.9 Å². The van der Waals surface area contributed by atoms with Crippen molar-refractivity contribution in [2.75, 3.05) is 30.3 Å². The van der Waals surface area contributed by atoms with Gasteiger partial charge in [-0.15, -0.1) is 0 Å². The molecule has 1 fully saturated rings. The Morgan fingerprint density at radius 2 is 1.77 bits per heavy atom. The fourth-order valence-electron chi connectivity index (χ4n) is 3.39. The third-order valence-electron chi connectivity index (χ3n) is 5.05. The lowest BCUT2D eigenvalue weighted by molar-refractivity contribution is 0.0768. The van der Waals surface area contributed by atoms with Crippen LogP contribution < -0.4 is 5.73 Å². The number of nitrogens with two attached hydrogens (primary N) is 1. The first kappa shape index (κ1) is 20.3. The zero-order valence-electron chi connectivity index (χ0n) is 16.0. The molecule has 30 heavy (non-hydrogen) atoms.